The normalized spacial score (nSPS) is 11.9. The van der Waals surface area contributed by atoms with Crippen LogP contribution in [0.3, 0.4) is 0 Å². The summed E-state index contributed by atoms with van der Waals surface area (Å²) < 4.78 is 23.5. The monoisotopic (exact) mass is 550 g/mol. The van der Waals surface area contributed by atoms with Crippen molar-refractivity contribution in [1.29, 1.82) is 0 Å². The molecule has 0 amide bonds. The first-order chi connectivity index (χ1) is 18.9. The molecule has 0 N–H and O–H groups in total. The molecule has 0 aliphatic carbocycles. The van der Waals surface area contributed by atoms with Crippen LogP contribution in [-0.2, 0) is 19.1 Å². The molecule has 0 saturated heterocycles. The number of hydrogen-bond donors (Lipinski definition) is 0. The van der Waals surface area contributed by atoms with Crippen molar-refractivity contribution in [2.45, 2.75) is 104 Å². The molecule has 3 aromatic rings. The van der Waals surface area contributed by atoms with Gasteiger partial charge in [0.2, 0.25) is 0 Å². The highest BCUT2D eigenvalue weighted by atomic mass is 16.6. The molecule has 0 atom stereocenters. The van der Waals surface area contributed by atoms with Gasteiger partial charge in [0.1, 0.15) is 22.7 Å². The molecule has 3 rings (SSSR count). The molecule has 0 aliphatic rings. The Bertz CT molecular complexity index is 1110. The third kappa shape index (κ3) is 10.0. The number of carbonyl (C=O) groups is 2. The largest absolute Gasteiger partial charge is 0.492 e. The van der Waals surface area contributed by atoms with Crippen LogP contribution in [0.5, 0.6) is 11.5 Å². The second-order valence-electron chi connectivity index (χ2n) is 12.2. The van der Waals surface area contributed by atoms with Gasteiger partial charge >= 0.3 is 11.9 Å². The molecule has 0 unspecified atom stereocenters. The van der Waals surface area contributed by atoms with Crippen LogP contribution in [0.2, 0.25) is 0 Å². The number of fused-ring (bicyclic) bond motifs is 2. The smallest absolute Gasteiger partial charge is 0.306 e. The van der Waals surface area contributed by atoms with E-state index in [4.69, 9.17) is 18.9 Å². The molecule has 0 spiro atoms. The fraction of sp³-hybridized carbons (Fsp3) is 0.529. The summed E-state index contributed by atoms with van der Waals surface area (Å²) in [6.45, 7) is 12.5. The maximum Gasteiger partial charge on any atom is 0.306 e. The fourth-order valence-electron chi connectivity index (χ4n) is 4.59. The molecular weight excluding hydrogens is 504 g/mol. The minimum Gasteiger partial charge on any atom is -0.492 e. The molecular formula is C34H46O6. The minimum atomic E-state index is -0.444. The highest BCUT2D eigenvalue weighted by Crippen LogP contribution is 2.42. The van der Waals surface area contributed by atoms with Crippen LogP contribution in [0.25, 0.3) is 21.5 Å². The van der Waals surface area contributed by atoms with Crippen molar-refractivity contribution in [3.63, 3.8) is 0 Å². The molecule has 0 heterocycles. The minimum absolute atomic E-state index is 0.149. The van der Waals surface area contributed by atoms with Crippen molar-refractivity contribution >= 4 is 33.5 Å². The van der Waals surface area contributed by atoms with Crippen LogP contribution in [-0.4, -0.2) is 36.4 Å². The van der Waals surface area contributed by atoms with E-state index in [1.807, 2.05) is 65.8 Å². The van der Waals surface area contributed by atoms with Gasteiger partial charge in [0.25, 0.3) is 0 Å². The Balaban J connectivity index is 1.59. The zero-order valence-electron chi connectivity index (χ0n) is 25.1. The summed E-state index contributed by atoms with van der Waals surface area (Å²) in [5.74, 6) is 1.43. The van der Waals surface area contributed by atoms with E-state index in [-0.39, 0.29) is 11.9 Å². The van der Waals surface area contributed by atoms with Gasteiger partial charge in [-0.2, -0.15) is 0 Å². The molecule has 0 fully saturated rings. The van der Waals surface area contributed by atoms with E-state index < -0.39 is 11.2 Å². The summed E-state index contributed by atoms with van der Waals surface area (Å²) >= 11 is 0. The van der Waals surface area contributed by atoms with Gasteiger partial charge in [-0.05, 0) is 80.1 Å². The number of benzene rings is 3. The average Bonchev–Trinajstić information content (AvgIpc) is 2.86. The van der Waals surface area contributed by atoms with Gasteiger partial charge in [0.05, 0.1) is 13.2 Å². The van der Waals surface area contributed by atoms with Crippen LogP contribution >= 0.6 is 0 Å². The number of esters is 2. The number of rotatable bonds is 14. The van der Waals surface area contributed by atoms with E-state index >= 15 is 0 Å². The predicted molar refractivity (Wildman–Crippen MR) is 161 cm³/mol. The third-order valence-electron chi connectivity index (χ3n) is 6.22. The van der Waals surface area contributed by atoms with E-state index in [1.54, 1.807) is 0 Å². The second-order valence-corrected chi connectivity index (χ2v) is 12.2. The van der Waals surface area contributed by atoms with Gasteiger partial charge in [0.15, 0.2) is 0 Å². The molecule has 0 radical (unpaired) electrons. The molecule has 0 bridgehead atoms. The lowest BCUT2D eigenvalue weighted by Gasteiger charge is -2.19. The molecule has 6 nitrogen and oxygen atoms in total. The zero-order valence-corrected chi connectivity index (χ0v) is 25.1. The van der Waals surface area contributed by atoms with E-state index in [9.17, 15) is 9.59 Å². The van der Waals surface area contributed by atoms with Gasteiger partial charge in [-0.25, -0.2) is 0 Å². The van der Waals surface area contributed by atoms with Gasteiger partial charge in [-0.1, -0.05) is 48.5 Å². The van der Waals surface area contributed by atoms with Crippen molar-refractivity contribution in [2.75, 3.05) is 13.2 Å². The molecule has 3 aromatic carbocycles. The third-order valence-corrected chi connectivity index (χ3v) is 6.22. The van der Waals surface area contributed by atoms with Crippen molar-refractivity contribution in [2.24, 2.45) is 0 Å². The lowest BCUT2D eigenvalue weighted by atomic mass is 10.0. The topological polar surface area (TPSA) is 71.1 Å². The van der Waals surface area contributed by atoms with E-state index in [1.165, 1.54) is 0 Å². The van der Waals surface area contributed by atoms with Gasteiger partial charge in [0, 0.05) is 34.4 Å². The lowest BCUT2D eigenvalue weighted by Crippen LogP contribution is -2.23. The van der Waals surface area contributed by atoms with Crippen molar-refractivity contribution in [3.8, 4) is 11.5 Å². The van der Waals surface area contributed by atoms with Crippen LogP contribution < -0.4 is 9.47 Å². The second kappa shape index (κ2) is 14.4. The Morgan fingerprint density at radius 2 is 0.850 bits per heavy atom. The van der Waals surface area contributed by atoms with Crippen molar-refractivity contribution < 1.29 is 28.5 Å². The van der Waals surface area contributed by atoms with Crippen LogP contribution in [0.4, 0.5) is 0 Å². The average molecular weight is 551 g/mol. The van der Waals surface area contributed by atoms with Gasteiger partial charge in [-0.15, -0.1) is 0 Å². The SMILES string of the molecule is CC(C)(C)OC(=O)CCCCCOc1c2ccccc2c(OCCCCCC(=O)OC(C)(C)C)c2ccccc12. The maximum absolute atomic E-state index is 12.0. The Hall–Kier alpha value is -3.28. The van der Waals surface area contributed by atoms with E-state index in [0.29, 0.717) is 26.1 Å². The fourth-order valence-corrected chi connectivity index (χ4v) is 4.59. The first-order valence-electron chi connectivity index (χ1n) is 14.6. The van der Waals surface area contributed by atoms with Crippen LogP contribution in [0.15, 0.2) is 48.5 Å². The van der Waals surface area contributed by atoms with Crippen molar-refractivity contribution in [3.05, 3.63) is 48.5 Å². The Kier molecular flexibility index (Phi) is 11.2. The summed E-state index contributed by atoms with van der Waals surface area (Å²) in [5.41, 5.74) is -0.889. The quantitative estimate of drug-likeness (QED) is 0.114. The maximum atomic E-state index is 12.0. The molecule has 0 aliphatic heterocycles. The Morgan fingerprint density at radius 3 is 1.15 bits per heavy atom. The Labute approximate surface area is 239 Å². The number of unbranched alkanes of at least 4 members (excludes halogenated alkanes) is 4. The summed E-state index contributed by atoms with van der Waals surface area (Å²) in [7, 11) is 0. The van der Waals surface area contributed by atoms with Gasteiger partial charge < -0.3 is 18.9 Å². The summed E-state index contributed by atoms with van der Waals surface area (Å²) in [4.78, 5) is 23.9. The first kappa shape index (κ1) is 31.3. The molecule has 6 heteroatoms. The summed E-state index contributed by atoms with van der Waals surface area (Å²) in [6.07, 6.45) is 5.91. The van der Waals surface area contributed by atoms with E-state index in [0.717, 1.165) is 71.6 Å². The van der Waals surface area contributed by atoms with Crippen LogP contribution in [0.1, 0.15) is 92.9 Å². The number of carbonyl (C=O) groups excluding carboxylic acids is 2. The Morgan fingerprint density at radius 1 is 0.525 bits per heavy atom. The molecule has 0 aromatic heterocycles. The lowest BCUT2D eigenvalue weighted by molar-refractivity contribution is -0.156. The summed E-state index contributed by atoms with van der Waals surface area (Å²) in [5, 5.41) is 4.09. The van der Waals surface area contributed by atoms with Crippen molar-refractivity contribution in [1.82, 2.24) is 0 Å². The zero-order chi connectivity index (χ0) is 29.2. The van der Waals surface area contributed by atoms with E-state index in [2.05, 4.69) is 24.3 Å². The molecule has 40 heavy (non-hydrogen) atoms. The highest BCUT2D eigenvalue weighted by molar-refractivity contribution is 6.11. The first-order valence-corrected chi connectivity index (χ1v) is 14.6. The predicted octanol–water partition coefficient (Wildman–Crippen LogP) is 8.55. The highest BCUT2D eigenvalue weighted by Gasteiger charge is 2.18. The standard InChI is InChI=1S/C34H46O6/c1-33(2,3)39-29(35)21-9-7-15-23-37-31-25-17-11-13-19-27(25)32(28-20-14-12-18-26(28)31)38-24-16-8-10-22-30(36)40-34(4,5)6/h11-14,17-20H,7-10,15-16,21-24H2,1-6H3. The van der Waals surface area contributed by atoms with Gasteiger partial charge in [-0.3, -0.25) is 9.59 Å². The number of ether oxygens (including phenoxy) is 4. The molecule has 218 valence electrons. The number of hydrogen-bond acceptors (Lipinski definition) is 6. The van der Waals surface area contributed by atoms with Crippen LogP contribution in [0, 0.1) is 0 Å². The summed E-state index contributed by atoms with van der Waals surface area (Å²) in [6, 6.07) is 16.4. The molecule has 0 saturated carbocycles.